The molecule has 1 heterocycles. The van der Waals surface area contributed by atoms with Gasteiger partial charge < -0.3 is 4.74 Å². The molecule has 0 saturated carbocycles. The third kappa shape index (κ3) is 3.00. The molecule has 0 unspecified atom stereocenters. The largest absolute Gasteiger partial charge is 0.420 e. The van der Waals surface area contributed by atoms with Gasteiger partial charge in [0.25, 0.3) is 5.56 Å². The molecule has 0 aliphatic rings. The van der Waals surface area contributed by atoms with E-state index in [0.717, 1.165) is 9.15 Å². The summed E-state index contributed by atoms with van der Waals surface area (Å²) in [6.45, 7) is 0. The summed E-state index contributed by atoms with van der Waals surface area (Å²) in [6.07, 6.45) is 0. The van der Waals surface area contributed by atoms with Crippen molar-refractivity contribution in [2.24, 2.45) is 7.05 Å². The number of carbonyl (C=O) groups excluding carboxylic acids is 1. The van der Waals surface area contributed by atoms with Gasteiger partial charge in [-0.15, -0.1) is 0 Å². The molecule has 0 aliphatic heterocycles. The van der Waals surface area contributed by atoms with Crippen molar-refractivity contribution in [3.63, 3.8) is 0 Å². The van der Waals surface area contributed by atoms with E-state index >= 15 is 0 Å². The Morgan fingerprint density at radius 1 is 1.22 bits per heavy atom. The van der Waals surface area contributed by atoms with Crippen LogP contribution in [-0.2, 0) is 7.05 Å². The lowest BCUT2D eigenvalue weighted by Gasteiger charge is -2.09. The zero-order chi connectivity index (χ0) is 16.6. The molecule has 23 heavy (non-hydrogen) atoms. The molecule has 0 radical (unpaired) electrons. The van der Waals surface area contributed by atoms with Gasteiger partial charge >= 0.3 is 5.97 Å². The number of aromatic nitrogens is 2. The van der Waals surface area contributed by atoms with E-state index in [1.54, 1.807) is 42.5 Å². The Morgan fingerprint density at radius 3 is 2.61 bits per heavy atom. The molecule has 0 amide bonds. The molecule has 0 saturated heterocycles. The van der Waals surface area contributed by atoms with E-state index in [4.69, 9.17) is 16.3 Å². The predicted octanol–water partition coefficient (Wildman–Crippen LogP) is 3.57. The van der Waals surface area contributed by atoms with E-state index < -0.39 is 5.97 Å². The summed E-state index contributed by atoms with van der Waals surface area (Å²) < 4.78 is 7.20. The van der Waals surface area contributed by atoms with E-state index in [1.165, 1.54) is 7.05 Å². The lowest BCUT2D eigenvalue weighted by molar-refractivity contribution is 0.0728. The highest BCUT2D eigenvalue weighted by Crippen LogP contribution is 2.28. The van der Waals surface area contributed by atoms with Crippen LogP contribution in [0.5, 0.6) is 5.75 Å². The number of benzene rings is 2. The van der Waals surface area contributed by atoms with Gasteiger partial charge in [-0.1, -0.05) is 45.7 Å². The number of nitrogens with zero attached hydrogens (tertiary/aromatic N) is 2. The van der Waals surface area contributed by atoms with Crippen molar-refractivity contribution in [1.82, 2.24) is 9.78 Å². The Labute approximate surface area is 144 Å². The molecule has 1 aromatic heterocycles. The van der Waals surface area contributed by atoms with Gasteiger partial charge in [0.15, 0.2) is 5.69 Å². The molecule has 0 N–H and O–H groups in total. The van der Waals surface area contributed by atoms with Crippen LogP contribution in [0, 0.1) is 0 Å². The first kappa shape index (κ1) is 15.7. The first-order valence-corrected chi connectivity index (χ1v) is 7.78. The SMILES string of the molecule is Cn1nc(C(=O)Oc2ccc(Br)cc2Cl)c2ccccc2c1=O. The molecule has 5 nitrogen and oxygen atoms in total. The van der Waals surface area contributed by atoms with Gasteiger partial charge in [0.2, 0.25) is 0 Å². The number of aryl methyl sites for hydroxylation is 1. The van der Waals surface area contributed by atoms with Gasteiger partial charge in [0, 0.05) is 16.9 Å². The van der Waals surface area contributed by atoms with Crippen LogP contribution in [0.1, 0.15) is 10.5 Å². The fraction of sp³-hybridized carbons (Fsp3) is 0.0625. The van der Waals surface area contributed by atoms with E-state index in [-0.39, 0.29) is 17.0 Å². The number of halogens is 2. The van der Waals surface area contributed by atoms with E-state index in [1.807, 2.05) is 0 Å². The molecular weight excluding hydrogens is 384 g/mol. The lowest BCUT2D eigenvalue weighted by Crippen LogP contribution is -2.24. The van der Waals surface area contributed by atoms with Gasteiger partial charge in [0.05, 0.1) is 10.4 Å². The normalized spacial score (nSPS) is 10.7. The predicted molar refractivity (Wildman–Crippen MR) is 91.1 cm³/mol. The van der Waals surface area contributed by atoms with Crippen molar-refractivity contribution in [1.29, 1.82) is 0 Å². The Balaban J connectivity index is 2.08. The van der Waals surface area contributed by atoms with Crippen molar-refractivity contribution in [2.45, 2.75) is 0 Å². The molecule has 7 heteroatoms. The summed E-state index contributed by atoms with van der Waals surface area (Å²) >= 11 is 9.34. The maximum atomic E-state index is 12.5. The first-order chi connectivity index (χ1) is 11.0. The Bertz CT molecular complexity index is 985. The molecule has 2 aromatic carbocycles. The topological polar surface area (TPSA) is 61.2 Å². The lowest BCUT2D eigenvalue weighted by atomic mass is 10.1. The van der Waals surface area contributed by atoms with Gasteiger partial charge in [-0.05, 0) is 24.3 Å². The fourth-order valence-electron chi connectivity index (χ4n) is 2.16. The number of esters is 1. The van der Waals surface area contributed by atoms with Crippen LogP contribution in [0.25, 0.3) is 10.8 Å². The average Bonchev–Trinajstić information content (AvgIpc) is 2.53. The summed E-state index contributed by atoms with van der Waals surface area (Å²) in [6, 6.07) is 11.7. The number of hydrogen-bond acceptors (Lipinski definition) is 4. The minimum absolute atomic E-state index is 0.0571. The van der Waals surface area contributed by atoms with Gasteiger partial charge in [-0.25, -0.2) is 9.48 Å². The minimum Gasteiger partial charge on any atom is -0.420 e. The monoisotopic (exact) mass is 392 g/mol. The standard InChI is InChI=1S/C16H10BrClN2O3/c1-20-15(21)11-5-3-2-4-10(11)14(19-20)16(22)23-13-7-6-9(17)8-12(13)18/h2-8H,1H3. The van der Waals surface area contributed by atoms with Crippen LogP contribution in [0.4, 0.5) is 0 Å². The number of hydrogen-bond donors (Lipinski definition) is 0. The van der Waals surface area contributed by atoms with Crippen molar-refractivity contribution in [3.8, 4) is 5.75 Å². The minimum atomic E-state index is -0.680. The Kier molecular flexibility index (Phi) is 4.19. The zero-order valence-electron chi connectivity index (χ0n) is 11.9. The maximum absolute atomic E-state index is 12.5. The molecule has 0 spiro atoms. The van der Waals surface area contributed by atoms with Crippen LogP contribution in [0.3, 0.4) is 0 Å². The highest BCUT2D eigenvalue weighted by atomic mass is 79.9. The summed E-state index contributed by atoms with van der Waals surface area (Å²) in [5.41, 5.74) is -0.222. The molecule has 0 atom stereocenters. The molecule has 0 bridgehead atoms. The van der Waals surface area contributed by atoms with Gasteiger partial charge in [0.1, 0.15) is 5.75 Å². The average molecular weight is 394 g/mol. The Hall–Kier alpha value is -2.18. The van der Waals surface area contributed by atoms with E-state index in [0.29, 0.717) is 15.8 Å². The number of carbonyl (C=O) groups is 1. The smallest absolute Gasteiger partial charge is 0.364 e. The van der Waals surface area contributed by atoms with Crippen molar-refractivity contribution in [3.05, 3.63) is 68.0 Å². The molecular formula is C16H10BrClN2O3. The summed E-state index contributed by atoms with van der Waals surface area (Å²) in [5, 5.41) is 5.16. The molecule has 116 valence electrons. The third-order valence-corrected chi connectivity index (χ3v) is 4.04. The van der Waals surface area contributed by atoms with E-state index in [2.05, 4.69) is 21.0 Å². The van der Waals surface area contributed by atoms with Crippen molar-refractivity contribution in [2.75, 3.05) is 0 Å². The van der Waals surface area contributed by atoms with Crippen LogP contribution >= 0.6 is 27.5 Å². The number of ether oxygens (including phenoxy) is 1. The van der Waals surface area contributed by atoms with Crippen LogP contribution in [0.15, 0.2) is 51.7 Å². The number of rotatable bonds is 2. The molecule has 0 fully saturated rings. The van der Waals surface area contributed by atoms with Crippen LogP contribution < -0.4 is 10.3 Å². The van der Waals surface area contributed by atoms with Crippen LogP contribution in [0.2, 0.25) is 5.02 Å². The van der Waals surface area contributed by atoms with Crippen LogP contribution in [-0.4, -0.2) is 15.7 Å². The first-order valence-electron chi connectivity index (χ1n) is 6.60. The third-order valence-electron chi connectivity index (χ3n) is 3.25. The quantitative estimate of drug-likeness (QED) is 0.493. The highest BCUT2D eigenvalue weighted by molar-refractivity contribution is 9.10. The van der Waals surface area contributed by atoms with Gasteiger partial charge in [-0.2, -0.15) is 5.10 Å². The second kappa shape index (κ2) is 6.14. The van der Waals surface area contributed by atoms with Gasteiger partial charge in [-0.3, -0.25) is 4.79 Å². The molecule has 0 aliphatic carbocycles. The second-order valence-corrected chi connectivity index (χ2v) is 6.11. The second-order valence-electron chi connectivity index (χ2n) is 4.79. The molecule has 3 rings (SSSR count). The van der Waals surface area contributed by atoms with Crippen molar-refractivity contribution >= 4 is 44.3 Å². The molecule has 3 aromatic rings. The van der Waals surface area contributed by atoms with Crippen molar-refractivity contribution < 1.29 is 9.53 Å². The Morgan fingerprint density at radius 2 is 1.91 bits per heavy atom. The van der Waals surface area contributed by atoms with E-state index in [9.17, 15) is 9.59 Å². The summed E-state index contributed by atoms with van der Waals surface area (Å²) in [4.78, 5) is 24.5. The summed E-state index contributed by atoms with van der Waals surface area (Å²) in [5.74, 6) is -0.458. The highest BCUT2D eigenvalue weighted by Gasteiger charge is 2.18. The zero-order valence-corrected chi connectivity index (χ0v) is 14.3. The number of fused-ring (bicyclic) bond motifs is 1. The summed E-state index contributed by atoms with van der Waals surface area (Å²) in [7, 11) is 1.48. The maximum Gasteiger partial charge on any atom is 0.364 e. The fourth-order valence-corrected chi connectivity index (χ4v) is 2.87.